The van der Waals surface area contributed by atoms with Gasteiger partial charge in [0.05, 0.1) is 18.5 Å². The van der Waals surface area contributed by atoms with Crippen molar-refractivity contribution in [1.82, 2.24) is 14.8 Å². The van der Waals surface area contributed by atoms with Gasteiger partial charge in [-0.05, 0) is 6.92 Å². The second-order valence-corrected chi connectivity index (χ2v) is 3.82. The van der Waals surface area contributed by atoms with Gasteiger partial charge in [-0.3, -0.25) is 0 Å². The fraction of sp³-hybridized carbons (Fsp3) is 0.800. The summed E-state index contributed by atoms with van der Waals surface area (Å²) in [6.45, 7) is 4.85. The normalized spacial score (nSPS) is 10.9. The summed E-state index contributed by atoms with van der Waals surface area (Å²) in [7, 11) is 1.69. The van der Waals surface area contributed by atoms with Gasteiger partial charge in [-0.15, -0.1) is 10.2 Å². The Kier molecular flexibility index (Phi) is 6.59. The van der Waals surface area contributed by atoms with Gasteiger partial charge in [-0.1, -0.05) is 15.9 Å². The molecule has 0 aliphatic carbocycles. The Balaban J connectivity index is 2.62. The lowest BCUT2D eigenvalue weighted by Crippen LogP contribution is -2.12. The van der Waals surface area contributed by atoms with Crippen LogP contribution < -0.4 is 0 Å². The molecule has 0 radical (unpaired) electrons. The first-order valence-electron chi connectivity index (χ1n) is 5.37. The fourth-order valence-electron chi connectivity index (χ4n) is 1.40. The van der Waals surface area contributed by atoms with Crippen molar-refractivity contribution in [3.8, 4) is 0 Å². The molecule has 0 aromatic carbocycles. The highest BCUT2D eigenvalue weighted by atomic mass is 79.9. The van der Waals surface area contributed by atoms with Gasteiger partial charge in [0.1, 0.15) is 11.6 Å². The van der Waals surface area contributed by atoms with Crippen molar-refractivity contribution in [2.45, 2.75) is 25.2 Å². The van der Waals surface area contributed by atoms with Crippen molar-refractivity contribution in [3.05, 3.63) is 11.6 Å². The van der Waals surface area contributed by atoms with Crippen molar-refractivity contribution < 1.29 is 9.47 Å². The topological polar surface area (TPSA) is 49.2 Å². The van der Waals surface area contributed by atoms with Crippen molar-refractivity contribution >= 4 is 15.9 Å². The third-order valence-corrected chi connectivity index (χ3v) is 2.72. The third-order valence-electron chi connectivity index (χ3n) is 2.22. The summed E-state index contributed by atoms with van der Waals surface area (Å²) in [5, 5.41) is 8.99. The van der Waals surface area contributed by atoms with E-state index in [9.17, 15) is 0 Å². The first-order valence-corrected chi connectivity index (χ1v) is 6.49. The van der Waals surface area contributed by atoms with Gasteiger partial charge in [0.25, 0.3) is 0 Å². The molecule has 0 unspecified atom stereocenters. The van der Waals surface area contributed by atoms with E-state index in [1.165, 1.54) is 0 Å². The van der Waals surface area contributed by atoms with Crippen LogP contribution in [0.4, 0.5) is 0 Å². The number of aromatic nitrogens is 3. The average Bonchev–Trinajstić information content (AvgIpc) is 2.69. The lowest BCUT2D eigenvalue weighted by molar-refractivity contribution is 0.147. The number of nitrogens with zero attached hydrogens (tertiary/aromatic N) is 3. The third kappa shape index (κ3) is 3.84. The van der Waals surface area contributed by atoms with E-state index in [-0.39, 0.29) is 0 Å². The number of ether oxygens (including phenoxy) is 2. The number of halogens is 1. The van der Waals surface area contributed by atoms with Crippen molar-refractivity contribution in [2.75, 3.05) is 26.9 Å². The van der Waals surface area contributed by atoms with E-state index in [1.54, 1.807) is 7.11 Å². The second kappa shape index (κ2) is 7.76. The monoisotopic (exact) mass is 291 g/mol. The van der Waals surface area contributed by atoms with Crippen LogP contribution in [-0.2, 0) is 27.8 Å². The number of hydrogen-bond acceptors (Lipinski definition) is 4. The Bertz CT molecular complexity index is 304. The molecule has 0 saturated heterocycles. The van der Waals surface area contributed by atoms with Crippen LogP contribution in [0.5, 0.6) is 0 Å². The molecule has 5 nitrogen and oxygen atoms in total. The minimum atomic E-state index is 0.666. The highest BCUT2D eigenvalue weighted by molar-refractivity contribution is 9.08. The largest absolute Gasteiger partial charge is 0.383 e. The van der Waals surface area contributed by atoms with Crippen LogP contribution in [0.2, 0.25) is 0 Å². The Hall–Kier alpha value is -0.460. The molecular formula is C10H18BrN3O2. The molecule has 92 valence electrons. The van der Waals surface area contributed by atoms with E-state index < -0.39 is 0 Å². The molecule has 0 saturated carbocycles. The molecule has 0 atom stereocenters. The van der Waals surface area contributed by atoms with Crippen LogP contribution in [0, 0.1) is 0 Å². The molecule has 1 aromatic heterocycles. The zero-order valence-electron chi connectivity index (χ0n) is 9.78. The Morgan fingerprint density at radius 1 is 1.25 bits per heavy atom. The van der Waals surface area contributed by atoms with E-state index in [0.29, 0.717) is 18.5 Å². The molecule has 0 aliphatic rings. The summed E-state index contributed by atoms with van der Waals surface area (Å²) in [4.78, 5) is 0. The molecule has 0 spiro atoms. The van der Waals surface area contributed by atoms with Crippen LogP contribution >= 0.6 is 15.9 Å². The minimum Gasteiger partial charge on any atom is -0.383 e. The lowest BCUT2D eigenvalue weighted by atomic mass is 10.4. The van der Waals surface area contributed by atoms with E-state index >= 15 is 0 Å². The van der Waals surface area contributed by atoms with Crippen molar-refractivity contribution in [3.63, 3.8) is 0 Å². The first kappa shape index (κ1) is 13.6. The Morgan fingerprint density at radius 3 is 2.62 bits per heavy atom. The number of rotatable bonds is 8. The van der Waals surface area contributed by atoms with Crippen LogP contribution in [-0.4, -0.2) is 41.7 Å². The fourth-order valence-corrected chi connectivity index (χ4v) is 1.82. The molecule has 0 bridgehead atoms. The van der Waals surface area contributed by atoms with Gasteiger partial charge in [0.2, 0.25) is 0 Å². The molecule has 0 N–H and O–H groups in total. The van der Waals surface area contributed by atoms with Gasteiger partial charge in [0, 0.05) is 26.7 Å². The molecule has 1 heterocycles. The summed E-state index contributed by atoms with van der Waals surface area (Å²) in [5.74, 6) is 1.89. The highest BCUT2D eigenvalue weighted by Gasteiger charge is 2.10. The van der Waals surface area contributed by atoms with E-state index in [1.807, 2.05) is 6.92 Å². The van der Waals surface area contributed by atoms with Gasteiger partial charge in [-0.2, -0.15) is 0 Å². The quantitative estimate of drug-likeness (QED) is 0.537. The van der Waals surface area contributed by atoms with Gasteiger partial charge >= 0.3 is 0 Å². The molecule has 0 fully saturated rings. The number of methoxy groups -OCH3 is 1. The van der Waals surface area contributed by atoms with Crippen LogP contribution in [0.1, 0.15) is 18.6 Å². The predicted octanol–water partition coefficient (Wildman–Crippen LogP) is 1.40. The highest BCUT2D eigenvalue weighted by Crippen LogP contribution is 2.07. The van der Waals surface area contributed by atoms with Gasteiger partial charge in [0.15, 0.2) is 0 Å². The summed E-state index contributed by atoms with van der Waals surface area (Å²) in [6.07, 6.45) is 0.789. The Morgan fingerprint density at radius 2 is 2.00 bits per heavy atom. The molecule has 6 heteroatoms. The predicted molar refractivity (Wildman–Crippen MR) is 64.7 cm³/mol. The molecule has 1 aromatic rings. The zero-order chi connectivity index (χ0) is 11.8. The smallest absolute Gasteiger partial charge is 0.143 e. The standard InChI is InChI=1S/C10H18BrN3O2/c1-3-16-6-4-9-12-13-10(8-11)14(9)5-7-15-2/h3-8H2,1-2H3. The van der Waals surface area contributed by atoms with E-state index in [4.69, 9.17) is 9.47 Å². The maximum absolute atomic E-state index is 5.32. The van der Waals surface area contributed by atoms with Crippen LogP contribution in [0.15, 0.2) is 0 Å². The summed E-state index contributed by atoms with van der Waals surface area (Å²) < 4.78 is 12.5. The van der Waals surface area contributed by atoms with Crippen molar-refractivity contribution in [2.24, 2.45) is 0 Å². The molecule has 16 heavy (non-hydrogen) atoms. The lowest BCUT2D eigenvalue weighted by Gasteiger charge is -2.08. The van der Waals surface area contributed by atoms with E-state index in [2.05, 4.69) is 30.7 Å². The Labute approximate surface area is 104 Å². The summed E-state index contributed by atoms with van der Waals surface area (Å²) in [5.41, 5.74) is 0. The second-order valence-electron chi connectivity index (χ2n) is 3.26. The molecule has 1 rings (SSSR count). The SMILES string of the molecule is CCOCCc1nnc(CBr)n1CCOC. The first-order chi connectivity index (χ1) is 7.83. The zero-order valence-corrected chi connectivity index (χ0v) is 11.4. The van der Waals surface area contributed by atoms with E-state index in [0.717, 1.165) is 31.2 Å². The number of hydrogen-bond donors (Lipinski definition) is 0. The van der Waals surface area contributed by atoms with Gasteiger partial charge in [-0.25, -0.2) is 0 Å². The summed E-state index contributed by atoms with van der Waals surface area (Å²) in [6, 6.07) is 0. The summed E-state index contributed by atoms with van der Waals surface area (Å²) >= 11 is 3.40. The van der Waals surface area contributed by atoms with Gasteiger partial charge < -0.3 is 14.0 Å². The van der Waals surface area contributed by atoms with Crippen LogP contribution in [0.3, 0.4) is 0 Å². The molecule has 0 amide bonds. The van der Waals surface area contributed by atoms with Crippen LogP contribution in [0.25, 0.3) is 0 Å². The minimum absolute atomic E-state index is 0.666. The maximum atomic E-state index is 5.32. The average molecular weight is 292 g/mol. The number of alkyl halides is 1. The molecule has 0 aliphatic heterocycles. The van der Waals surface area contributed by atoms with Crippen molar-refractivity contribution in [1.29, 1.82) is 0 Å². The maximum Gasteiger partial charge on any atom is 0.143 e. The molecular weight excluding hydrogens is 274 g/mol.